The third-order valence-corrected chi connectivity index (χ3v) is 9.19. The predicted octanol–water partition coefficient (Wildman–Crippen LogP) is 9.73. The van der Waals surface area contributed by atoms with Gasteiger partial charge in [-0.15, -0.1) is 0 Å². The Hall–Kier alpha value is -3.78. The molecule has 2 nitrogen and oxygen atoms in total. The van der Waals surface area contributed by atoms with Crippen LogP contribution in [0.3, 0.4) is 0 Å². The summed E-state index contributed by atoms with van der Waals surface area (Å²) in [6, 6.07) is 24.1. The highest BCUT2D eigenvalue weighted by Crippen LogP contribution is 2.51. The van der Waals surface area contributed by atoms with Crippen molar-refractivity contribution in [3.8, 4) is 11.1 Å². The fourth-order valence-electron chi connectivity index (χ4n) is 7.77. The van der Waals surface area contributed by atoms with Gasteiger partial charge in [-0.1, -0.05) is 67.8 Å². The quantitative estimate of drug-likeness (QED) is 0.241. The lowest BCUT2D eigenvalue weighted by atomic mass is 9.94. The molecular formula is C34H28N2. The Kier molecular flexibility index (Phi) is 3.73. The molecule has 0 unspecified atom stereocenters. The van der Waals surface area contributed by atoms with E-state index in [4.69, 9.17) is 0 Å². The molecule has 0 N–H and O–H groups in total. The highest BCUT2D eigenvalue weighted by molar-refractivity contribution is 6.38. The number of benzene rings is 4. The van der Waals surface area contributed by atoms with Gasteiger partial charge in [-0.2, -0.15) is 0 Å². The highest BCUT2D eigenvalue weighted by Gasteiger charge is 2.28. The molecule has 1 fully saturated rings. The van der Waals surface area contributed by atoms with Crippen molar-refractivity contribution in [2.45, 2.75) is 51.0 Å². The number of hydrogen-bond acceptors (Lipinski definition) is 0. The number of nitrogens with zero attached hydrogens (tertiary/aromatic N) is 2. The third-order valence-electron chi connectivity index (χ3n) is 9.19. The molecule has 0 amide bonds. The van der Waals surface area contributed by atoms with E-state index < -0.39 is 0 Å². The summed E-state index contributed by atoms with van der Waals surface area (Å²) < 4.78 is 5.24. The first kappa shape index (κ1) is 19.4. The lowest BCUT2D eigenvalue weighted by Gasteiger charge is -2.25. The van der Waals surface area contributed by atoms with Crippen LogP contribution >= 0.6 is 0 Å². The van der Waals surface area contributed by atoms with Gasteiger partial charge in [0.1, 0.15) is 0 Å². The fraction of sp³-hybridized carbons (Fsp3) is 0.235. The van der Waals surface area contributed by atoms with Crippen LogP contribution in [0.15, 0.2) is 78.9 Å². The zero-order valence-corrected chi connectivity index (χ0v) is 20.4. The topological polar surface area (TPSA) is 9.86 Å². The minimum absolute atomic E-state index is 0.600. The molecule has 0 spiro atoms. The number of rotatable bonds is 2. The van der Waals surface area contributed by atoms with Crippen molar-refractivity contribution in [1.82, 2.24) is 9.13 Å². The molecule has 0 aliphatic heterocycles. The minimum Gasteiger partial charge on any atom is -0.337 e. The van der Waals surface area contributed by atoms with Crippen LogP contribution in [-0.4, -0.2) is 9.13 Å². The molecule has 0 radical (unpaired) electrons. The lowest BCUT2D eigenvalue weighted by molar-refractivity contribution is 0.367. The molecule has 2 heterocycles. The summed E-state index contributed by atoms with van der Waals surface area (Å²) in [6.45, 7) is 0. The summed E-state index contributed by atoms with van der Waals surface area (Å²) in [5.74, 6) is 0. The van der Waals surface area contributed by atoms with Crippen molar-refractivity contribution >= 4 is 60.1 Å². The molecule has 0 saturated heterocycles. The summed E-state index contributed by atoms with van der Waals surface area (Å²) in [5.41, 5.74) is 9.60. The highest BCUT2D eigenvalue weighted by atomic mass is 15.0. The van der Waals surface area contributed by atoms with Crippen LogP contribution in [0.4, 0.5) is 0 Å². The number of allylic oxidation sites excluding steroid dienone is 4. The van der Waals surface area contributed by atoms with Crippen LogP contribution in [0.25, 0.3) is 71.2 Å². The molecule has 0 atom stereocenters. The molecule has 6 aromatic rings. The summed E-state index contributed by atoms with van der Waals surface area (Å²) in [6.07, 6.45) is 16.0. The Balaban J connectivity index is 1.56. The maximum atomic E-state index is 2.72. The molecular weight excluding hydrogens is 436 g/mol. The first-order chi connectivity index (χ1) is 17.9. The molecule has 3 aliphatic carbocycles. The molecule has 2 aromatic heterocycles. The average molecular weight is 465 g/mol. The van der Waals surface area contributed by atoms with Gasteiger partial charge in [0.2, 0.25) is 0 Å². The summed E-state index contributed by atoms with van der Waals surface area (Å²) in [5, 5.41) is 8.59. The zero-order chi connectivity index (χ0) is 23.4. The van der Waals surface area contributed by atoms with Gasteiger partial charge < -0.3 is 9.13 Å². The maximum Gasteiger partial charge on any atom is 0.0547 e. The molecule has 36 heavy (non-hydrogen) atoms. The van der Waals surface area contributed by atoms with Crippen molar-refractivity contribution in [3.63, 3.8) is 0 Å². The SMILES string of the molecule is C1=CC(n2c3cccc4c3c3c5c(ccc32)ccc2c5c3c-4cccc3n2C2CCCCC2)=CCC1. The normalized spacial score (nSPS) is 17.7. The monoisotopic (exact) mass is 464 g/mol. The van der Waals surface area contributed by atoms with Gasteiger partial charge in [0.25, 0.3) is 0 Å². The third kappa shape index (κ3) is 2.29. The average Bonchev–Trinajstić information content (AvgIpc) is 3.42. The number of aromatic nitrogens is 2. The second-order valence-corrected chi connectivity index (χ2v) is 11.0. The van der Waals surface area contributed by atoms with Crippen molar-refractivity contribution in [3.05, 3.63) is 78.9 Å². The first-order valence-electron chi connectivity index (χ1n) is 13.7. The van der Waals surface area contributed by atoms with Crippen molar-refractivity contribution in [1.29, 1.82) is 0 Å². The molecule has 2 heteroatoms. The van der Waals surface area contributed by atoms with Gasteiger partial charge in [0.05, 0.1) is 22.1 Å². The lowest BCUT2D eigenvalue weighted by Crippen LogP contribution is -2.12. The van der Waals surface area contributed by atoms with E-state index in [1.54, 1.807) is 0 Å². The van der Waals surface area contributed by atoms with E-state index in [1.807, 2.05) is 0 Å². The zero-order valence-electron chi connectivity index (χ0n) is 20.4. The predicted molar refractivity (Wildman–Crippen MR) is 154 cm³/mol. The summed E-state index contributed by atoms with van der Waals surface area (Å²) in [4.78, 5) is 0. The van der Waals surface area contributed by atoms with Crippen LogP contribution in [-0.2, 0) is 0 Å². The van der Waals surface area contributed by atoms with E-state index in [9.17, 15) is 0 Å². The van der Waals surface area contributed by atoms with Gasteiger partial charge in [-0.25, -0.2) is 0 Å². The van der Waals surface area contributed by atoms with Crippen LogP contribution in [0.1, 0.15) is 51.0 Å². The summed E-state index contributed by atoms with van der Waals surface area (Å²) >= 11 is 0. The summed E-state index contributed by atoms with van der Waals surface area (Å²) in [7, 11) is 0. The largest absolute Gasteiger partial charge is 0.337 e. The van der Waals surface area contributed by atoms with Crippen molar-refractivity contribution in [2.75, 3.05) is 0 Å². The van der Waals surface area contributed by atoms with Crippen LogP contribution in [0.5, 0.6) is 0 Å². The number of hydrogen-bond donors (Lipinski definition) is 0. The Labute approximate surface area is 210 Å². The van der Waals surface area contributed by atoms with Crippen LogP contribution < -0.4 is 0 Å². The number of fused-ring (bicyclic) bond motifs is 1. The molecule has 9 rings (SSSR count). The van der Waals surface area contributed by atoms with Crippen molar-refractivity contribution < 1.29 is 0 Å². The minimum atomic E-state index is 0.600. The smallest absolute Gasteiger partial charge is 0.0547 e. The molecule has 3 aliphatic rings. The second-order valence-electron chi connectivity index (χ2n) is 11.0. The van der Waals surface area contributed by atoms with E-state index in [2.05, 4.69) is 88.0 Å². The van der Waals surface area contributed by atoms with Crippen molar-refractivity contribution in [2.24, 2.45) is 0 Å². The molecule has 1 saturated carbocycles. The van der Waals surface area contributed by atoms with E-state index in [-0.39, 0.29) is 0 Å². The molecule has 4 aromatic carbocycles. The van der Waals surface area contributed by atoms with Gasteiger partial charge in [-0.05, 0) is 72.5 Å². The van der Waals surface area contributed by atoms with Gasteiger partial charge >= 0.3 is 0 Å². The fourth-order valence-corrected chi connectivity index (χ4v) is 7.77. The Morgan fingerprint density at radius 1 is 0.583 bits per heavy atom. The Morgan fingerprint density at radius 2 is 1.25 bits per heavy atom. The first-order valence-corrected chi connectivity index (χ1v) is 13.7. The van der Waals surface area contributed by atoms with Crippen LogP contribution in [0.2, 0.25) is 0 Å². The standard InChI is InChI=1S/C34H28N2/c1-3-9-22(10-4-1)35-26-15-7-13-24-25-14-8-16-27-32(25)34-29(36(27)23-11-5-2-6-12-23)20-18-21-17-19-28(35)33(30(21)34)31(24)26/h3,7-10,13-20,23H,1-2,4-6,11-12H2. The van der Waals surface area contributed by atoms with E-state index >= 15 is 0 Å². The Morgan fingerprint density at radius 3 is 2.03 bits per heavy atom. The van der Waals surface area contributed by atoms with Gasteiger partial charge in [-0.3, -0.25) is 0 Å². The van der Waals surface area contributed by atoms with E-state index in [0.29, 0.717) is 6.04 Å². The van der Waals surface area contributed by atoms with Gasteiger partial charge in [0.15, 0.2) is 0 Å². The molecule has 174 valence electrons. The molecule has 0 bridgehead atoms. The van der Waals surface area contributed by atoms with Gasteiger partial charge in [0, 0.05) is 38.7 Å². The van der Waals surface area contributed by atoms with E-state index in [1.165, 1.54) is 103 Å². The maximum absolute atomic E-state index is 2.72. The Bertz CT molecular complexity index is 1970. The van der Waals surface area contributed by atoms with E-state index in [0.717, 1.165) is 12.8 Å². The second kappa shape index (κ2) is 6.91. The van der Waals surface area contributed by atoms with Crippen LogP contribution in [0, 0.1) is 0 Å².